The summed E-state index contributed by atoms with van der Waals surface area (Å²) in [6, 6.07) is 0. The third-order valence-corrected chi connectivity index (χ3v) is 4.25. The number of halogens is 1. The molecule has 6 heteroatoms. The molecule has 2 rings (SSSR count). The lowest BCUT2D eigenvalue weighted by molar-refractivity contribution is -0.150. The Balaban J connectivity index is 2.01. The van der Waals surface area contributed by atoms with Gasteiger partial charge in [0.15, 0.2) is 0 Å². The topological polar surface area (TPSA) is 47.4 Å². The molecule has 1 fully saturated rings. The molecule has 0 aromatic carbocycles. The van der Waals surface area contributed by atoms with Crippen molar-refractivity contribution in [3.63, 3.8) is 0 Å². The lowest BCUT2D eigenvalue weighted by atomic mass is 9.98. The largest absolute Gasteiger partial charge is 0.466 e. The number of rotatable bonds is 4. The first-order valence-electron chi connectivity index (χ1n) is 7.09. The van der Waals surface area contributed by atoms with Crippen molar-refractivity contribution in [1.82, 2.24) is 14.7 Å². The van der Waals surface area contributed by atoms with Crippen LogP contribution in [-0.4, -0.2) is 40.3 Å². The zero-order valence-electron chi connectivity index (χ0n) is 12.4. The van der Waals surface area contributed by atoms with E-state index in [-0.39, 0.29) is 11.9 Å². The van der Waals surface area contributed by atoms with E-state index in [0.717, 1.165) is 48.9 Å². The van der Waals surface area contributed by atoms with E-state index in [1.165, 1.54) is 0 Å². The molecule has 1 saturated heterocycles. The Morgan fingerprint density at radius 2 is 2.30 bits per heavy atom. The van der Waals surface area contributed by atoms with E-state index in [4.69, 9.17) is 16.3 Å². The third-order valence-electron chi connectivity index (χ3n) is 3.76. The van der Waals surface area contributed by atoms with E-state index >= 15 is 0 Å². The number of hydrogen-bond donors (Lipinski definition) is 0. The number of hydrogen-bond acceptors (Lipinski definition) is 4. The molecule has 20 heavy (non-hydrogen) atoms. The van der Waals surface area contributed by atoms with Gasteiger partial charge in [0.05, 0.1) is 28.9 Å². The molecular weight excluding hydrogens is 278 g/mol. The number of carbonyl (C=O) groups excluding carboxylic acids is 1. The lowest BCUT2D eigenvalue weighted by Gasteiger charge is -2.31. The molecule has 0 saturated carbocycles. The summed E-state index contributed by atoms with van der Waals surface area (Å²) < 4.78 is 6.95. The second-order valence-corrected chi connectivity index (χ2v) is 5.67. The average Bonchev–Trinajstić information content (AvgIpc) is 2.66. The zero-order chi connectivity index (χ0) is 14.7. The van der Waals surface area contributed by atoms with Gasteiger partial charge in [-0.25, -0.2) is 0 Å². The van der Waals surface area contributed by atoms with Crippen LogP contribution in [0.5, 0.6) is 0 Å². The fourth-order valence-corrected chi connectivity index (χ4v) is 2.94. The Labute approximate surface area is 124 Å². The quantitative estimate of drug-likeness (QED) is 0.799. The average molecular weight is 300 g/mol. The fourth-order valence-electron chi connectivity index (χ4n) is 2.72. The maximum absolute atomic E-state index is 11.8. The van der Waals surface area contributed by atoms with E-state index in [0.29, 0.717) is 6.61 Å². The summed E-state index contributed by atoms with van der Waals surface area (Å²) in [4.78, 5) is 14.1. The maximum atomic E-state index is 11.8. The van der Waals surface area contributed by atoms with Crippen molar-refractivity contribution in [2.24, 2.45) is 13.0 Å². The number of ether oxygens (including phenoxy) is 1. The van der Waals surface area contributed by atoms with E-state index in [9.17, 15) is 4.79 Å². The van der Waals surface area contributed by atoms with Crippen LogP contribution in [0.2, 0.25) is 5.02 Å². The first-order valence-corrected chi connectivity index (χ1v) is 7.47. The number of likely N-dealkylation sites (tertiary alicyclic amines) is 1. The second-order valence-electron chi connectivity index (χ2n) is 5.30. The Hall–Kier alpha value is -1.07. The molecule has 0 amide bonds. The minimum atomic E-state index is -0.0792. The molecule has 1 atom stereocenters. The summed E-state index contributed by atoms with van der Waals surface area (Å²) in [5.74, 6) is -0.0960. The molecule has 1 aromatic heterocycles. The predicted molar refractivity (Wildman–Crippen MR) is 77.6 cm³/mol. The van der Waals surface area contributed by atoms with Crippen LogP contribution in [0.25, 0.3) is 0 Å². The van der Waals surface area contributed by atoms with Gasteiger partial charge in [0.1, 0.15) is 0 Å². The molecule has 0 bridgehead atoms. The zero-order valence-corrected chi connectivity index (χ0v) is 13.1. The van der Waals surface area contributed by atoms with Gasteiger partial charge in [-0.05, 0) is 33.2 Å². The fraction of sp³-hybridized carbons (Fsp3) is 0.714. The van der Waals surface area contributed by atoms with Gasteiger partial charge in [-0.15, -0.1) is 0 Å². The van der Waals surface area contributed by atoms with Crippen molar-refractivity contribution in [2.75, 3.05) is 19.7 Å². The van der Waals surface area contributed by atoms with Crippen molar-refractivity contribution in [3.05, 3.63) is 16.4 Å². The minimum Gasteiger partial charge on any atom is -0.466 e. The predicted octanol–water partition coefficient (Wildman–Crippen LogP) is 2.16. The Morgan fingerprint density at radius 3 is 2.90 bits per heavy atom. The number of aromatic nitrogens is 2. The number of nitrogens with zero attached hydrogens (tertiary/aromatic N) is 3. The van der Waals surface area contributed by atoms with Crippen LogP contribution in [0.3, 0.4) is 0 Å². The lowest BCUT2D eigenvalue weighted by Crippen LogP contribution is -2.39. The molecule has 2 heterocycles. The maximum Gasteiger partial charge on any atom is 0.310 e. The molecule has 0 N–H and O–H groups in total. The second kappa shape index (κ2) is 6.59. The van der Waals surface area contributed by atoms with Gasteiger partial charge in [0.25, 0.3) is 0 Å². The standard InChI is InChI=1S/C14H22ClN3O2/c1-4-20-14(19)11-6-5-7-18(8-11)9-12-13(15)10(2)16-17(12)3/h11H,4-9H2,1-3H3. The summed E-state index contributed by atoms with van der Waals surface area (Å²) >= 11 is 6.28. The van der Waals surface area contributed by atoms with Crippen LogP contribution in [0.1, 0.15) is 31.2 Å². The molecular formula is C14H22ClN3O2. The Morgan fingerprint density at radius 1 is 1.55 bits per heavy atom. The number of carbonyl (C=O) groups is 1. The number of aryl methyl sites for hydroxylation is 2. The van der Waals surface area contributed by atoms with Crippen molar-refractivity contribution < 1.29 is 9.53 Å². The molecule has 0 aliphatic carbocycles. The molecule has 1 aromatic rings. The highest BCUT2D eigenvalue weighted by Gasteiger charge is 2.27. The van der Waals surface area contributed by atoms with Crippen LogP contribution < -0.4 is 0 Å². The molecule has 0 spiro atoms. The van der Waals surface area contributed by atoms with E-state index in [1.807, 2.05) is 25.6 Å². The van der Waals surface area contributed by atoms with Crippen molar-refractivity contribution in [1.29, 1.82) is 0 Å². The number of piperidine rings is 1. The number of esters is 1. The molecule has 5 nitrogen and oxygen atoms in total. The smallest absolute Gasteiger partial charge is 0.310 e. The SMILES string of the molecule is CCOC(=O)C1CCCN(Cc2c(Cl)c(C)nn2C)C1. The molecule has 1 aliphatic heterocycles. The van der Waals surface area contributed by atoms with Gasteiger partial charge in [0.2, 0.25) is 0 Å². The first-order chi connectivity index (χ1) is 9.52. The normalized spacial score (nSPS) is 20.1. The van der Waals surface area contributed by atoms with E-state index in [1.54, 1.807) is 0 Å². The van der Waals surface area contributed by atoms with E-state index in [2.05, 4.69) is 10.00 Å². The highest BCUT2D eigenvalue weighted by molar-refractivity contribution is 6.31. The third kappa shape index (κ3) is 3.33. The van der Waals surface area contributed by atoms with Crippen LogP contribution >= 0.6 is 11.6 Å². The van der Waals surface area contributed by atoms with Gasteiger partial charge < -0.3 is 4.74 Å². The minimum absolute atomic E-state index is 0.0169. The molecule has 112 valence electrons. The summed E-state index contributed by atoms with van der Waals surface area (Å²) in [5.41, 5.74) is 1.86. The van der Waals surface area contributed by atoms with Crippen LogP contribution in [0.15, 0.2) is 0 Å². The van der Waals surface area contributed by atoms with Crippen molar-refractivity contribution in [3.8, 4) is 0 Å². The van der Waals surface area contributed by atoms with Crippen LogP contribution in [0, 0.1) is 12.8 Å². The molecule has 1 unspecified atom stereocenters. The molecule has 0 radical (unpaired) electrons. The van der Waals surface area contributed by atoms with Gasteiger partial charge >= 0.3 is 5.97 Å². The summed E-state index contributed by atoms with van der Waals surface area (Å²) in [5, 5.41) is 5.05. The summed E-state index contributed by atoms with van der Waals surface area (Å²) in [6.07, 6.45) is 1.92. The summed E-state index contributed by atoms with van der Waals surface area (Å²) in [7, 11) is 1.90. The van der Waals surface area contributed by atoms with Crippen molar-refractivity contribution >= 4 is 17.6 Å². The molecule has 1 aliphatic rings. The highest BCUT2D eigenvalue weighted by atomic mass is 35.5. The monoisotopic (exact) mass is 299 g/mol. The van der Waals surface area contributed by atoms with Crippen LogP contribution in [-0.2, 0) is 23.1 Å². The van der Waals surface area contributed by atoms with E-state index < -0.39 is 0 Å². The first kappa shape index (κ1) is 15.3. The Kier molecular flexibility index (Phi) is 5.05. The summed E-state index contributed by atoms with van der Waals surface area (Å²) in [6.45, 7) is 6.64. The highest BCUT2D eigenvalue weighted by Crippen LogP contribution is 2.24. The van der Waals surface area contributed by atoms with Gasteiger partial charge in [-0.3, -0.25) is 14.4 Å². The van der Waals surface area contributed by atoms with Gasteiger partial charge in [0, 0.05) is 20.1 Å². The van der Waals surface area contributed by atoms with Crippen LogP contribution in [0.4, 0.5) is 0 Å². The van der Waals surface area contributed by atoms with Gasteiger partial charge in [-0.2, -0.15) is 5.10 Å². The van der Waals surface area contributed by atoms with Gasteiger partial charge in [-0.1, -0.05) is 11.6 Å². The van der Waals surface area contributed by atoms with Crippen molar-refractivity contribution in [2.45, 2.75) is 33.2 Å². The Bertz CT molecular complexity index is 487.